The second-order valence-corrected chi connectivity index (χ2v) is 6.87. The van der Waals surface area contributed by atoms with Crippen molar-refractivity contribution >= 4 is 22.9 Å². The van der Waals surface area contributed by atoms with Crippen molar-refractivity contribution in [3.05, 3.63) is 48.0 Å². The van der Waals surface area contributed by atoms with Gasteiger partial charge in [-0.15, -0.1) is 0 Å². The normalized spacial score (nSPS) is 16.0. The van der Waals surface area contributed by atoms with Crippen LogP contribution < -0.4 is 0 Å². The number of morpholine rings is 1. The molecule has 0 atom stereocenters. The van der Waals surface area contributed by atoms with Crippen LogP contribution in [0, 0.1) is 6.92 Å². The average molecular weight is 325 g/mol. The lowest BCUT2D eigenvalue weighted by molar-refractivity contribution is 0.0773. The summed E-state index contributed by atoms with van der Waals surface area (Å²) in [5.41, 5.74) is 4.55. The number of benzene rings is 2. The molecule has 1 aromatic heterocycles. The van der Waals surface area contributed by atoms with Crippen molar-refractivity contribution in [1.29, 1.82) is 0 Å². The maximum Gasteiger partial charge on any atom is 0.0999 e. The van der Waals surface area contributed by atoms with Gasteiger partial charge in [-0.1, -0.05) is 30.3 Å². The Hall–Kier alpha value is -1.82. The van der Waals surface area contributed by atoms with E-state index in [1.165, 1.54) is 15.8 Å². The average Bonchev–Trinajstić information content (AvgIpc) is 3.02. The fourth-order valence-electron chi connectivity index (χ4n) is 2.81. The molecule has 1 aliphatic heterocycles. The summed E-state index contributed by atoms with van der Waals surface area (Å²) >= 11 is 1.82. The number of hydrogen-bond donors (Lipinski definition) is 1. The number of aromatic amines is 1. The van der Waals surface area contributed by atoms with E-state index in [2.05, 4.69) is 57.8 Å². The number of aryl methyl sites for hydroxylation is 1. The van der Waals surface area contributed by atoms with E-state index in [0.717, 1.165) is 43.1 Å². The van der Waals surface area contributed by atoms with Crippen LogP contribution in [0.25, 0.3) is 22.2 Å². The van der Waals surface area contributed by atoms with Crippen LogP contribution in [0.4, 0.5) is 0 Å². The molecule has 1 N–H and O–H groups in total. The highest BCUT2D eigenvalue weighted by atomic mass is 32.2. The molecule has 3 aromatic rings. The monoisotopic (exact) mass is 325 g/mol. The minimum atomic E-state index is 0.815. The van der Waals surface area contributed by atoms with Crippen LogP contribution in [-0.2, 0) is 4.74 Å². The third kappa shape index (κ3) is 3.00. The van der Waals surface area contributed by atoms with Crippen molar-refractivity contribution in [2.24, 2.45) is 0 Å². The molecule has 5 heteroatoms. The molecule has 0 bridgehead atoms. The van der Waals surface area contributed by atoms with Crippen LogP contribution in [0.2, 0.25) is 0 Å². The van der Waals surface area contributed by atoms with Gasteiger partial charge in [0.15, 0.2) is 0 Å². The van der Waals surface area contributed by atoms with Gasteiger partial charge in [0.05, 0.1) is 24.4 Å². The van der Waals surface area contributed by atoms with Crippen LogP contribution in [0.15, 0.2) is 47.4 Å². The topological polar surface area (TPSA) is 41.2 Å². The van der Waals surface area contributed by atoms with Gasteiger partial charge in [-0.2, -0.15) is 5.10 Å². The highest BCUT2D eigenvalue weighted by Crippen LogP contribution is 2.33. The van der Waals surface area contributed by atoms with E-state index in [9.17, 15) is 0 Å². The molecule has 23 heavy (non-hydrogen) atoms. The van der Waals surface area contributed by atoms with E-state index >= 15 is 0 Å². The van der Waals surface area contributed by atoms with Crippen LogP contribution in [-0.4, -0.2) is 40.8 Å². The molecule has 0 spiro atoms. The SMILES string of the molecule is Cc1ccc(-c2n[nH]c3ccccc23)cc1SN1CCOCC1. The summed E-state index contributed by atoms with van der Waals surface area (Å²) in [6, 6.07) is 14.8. The van der Waals surface area contributed by atoms with Gasteiger partial charge in [-0.05, 0) is 36.6 Å². The van der Waals surface area contributed by atoms with Gasteiger partial charge in [0.25, 0.3) is 0 Å². The lowest BCUT2D eigenvalue weighted by Crippen LogP contribution is -2.30. The van der Waals surface area contributed by atoms with Crippen molar-refractivity contribution in [2.45, 2.75) is 11.8 Å². The van der Waals surface area contributed by atoms with Gasteiger partial charge in [-0.25, -0.2) is 4.31 Å². The largest absolute Gasteiger partial charge is 0.379 e. The first-order valence-electron chi connectivity index (χ1n) is 7.86. The number of nitrogens with one attached hydrogen (secondary N) is 1. The minimum absolute atomic E-state index is 0.815. The van der Waals surface area contributed by atoms with E-state index in [4.69, 9.17) is 4.74 Å². The quantitative estimate of drug-likeness (QED) is 0.742. The van der Waals surface area contributed by atoms with Crippen molar-refractivity contribution < 1.29 is 4.74 Å². The molecule has 0 aliphatic carbocycles. The molecule has 4 rings (SSSR count). The fraction of sp³-hybridized carbons (Fsp3) is 0.278. The summed E-state index contributed by atoms with van der Waals surface area (Å²) in [7, 11) is 0. The number of hydrogen-bond acceptors (Lipinski definition) is 4. The smallest absolute Gasteiger partial charge is 0.0999 e. The summed E-state index contributed by atoms with van der Waals surface area (Å²) in [6.07, 6.45) is 0. The third-order valence-electron chi connectivity index (χ3n) is 4.13. The van der Waals surface area contributed by atoms with E-state index in [1.54, 1.807) is 0 Å². The first kappa shape index (κ1) is 14.8. The minimum Gasteiger partial charge on any atom is -0.379 e. The van der Waals surface area contributed by atoms with Crippen molar-refractivity contribution in [2.75, 3.05) is 26.3 Å². The molecular formula is C18H19N3OS. The van der Waals surface area contributed by atoms with E-state index < -0.39 is 0 Å². The van der Waals surface area contributed by atoms with Gasteiger partial charge < -0.3 is 4.74 Å². The Bertz CT molecular complexity index is 824. The Morgan fingerprint density at radius 1 is 1.13 bits per heavy atom. The molecule has 0 amide bonds. The fourth-order valence-corrected chi connectivity index (χ4v) is 3.81. The number of nitrogens with zero attached hydrogens (tertiary/aromatic N) is 2. The molecule has 118 valence electrons. The molecular weight excluding hydrogens is 306 g/mol. The Morgan fingerprint density at radius 3 is 2.83 bits per heavy atom. The highest BCUT2D eigenvalue weighted by molar-refractivity contribution is 7.97. The number of aromatic nitrogens is 2. The highest BCUT2D eigenvalue weighted by Gasteiger charge is 2.15. The van der Waals surface area contributed by atoms with E-state index in [1.807, 2.05) is 18.0 Å². The molecule has 0 unspecified atom stereocenters. The summed E-state index contributed by atoms with van der Waals surface area (Å²) < 4.78 is 7.80. The third-order valence-corrected chi connectivity index (χ3v) is 5.39. The van der Waals surface area contributed by atoms with Gasteiger partial charge in [0, 0.05) is 28.9 Å². The van der Waals surface area contributed by atoms with Crippen LogP contribution >= 0.6 is 11.9 Å². The Balaban J connectivity index is 1.68. The van der Waals surface area contributed by atoms with Crippen LogP contribution in [0.1, 0.15) is 5.56 Å². The first-order chi connectivity index (χ1) is 11.3. The van der Waals surface area contributed by atoms with Crippen LogP contribution in [0.3, 0.4) is 0 Å². The zero-order valence-electron chi connectivity index (χ0n) is 13.1. The zero-order valence-corrected chi connectivity index (χ0v) is 13.9. The molecule has 2 heterocycles. The molecule has 1 fully saturated rings. The van der Waals surface area contributed by atoms with E-state index in [-0.39, 0.29) is 0 Å². The van der Waals surface area contributed by atoms with Gasteiger partial charge in [0.2, 0.25) is 0 Å². The first-order valence-corrected chi connectivity index (χ1v) is 8.63. The number of H-pyrrole nitrogens is 1. The lowest BCUT2D eigenvalue weighted by atomic mass is 10.1. The van der Waals surface area contributed by atoms with Gasteiger partial charge >= 0.3 is 0 Å². The summed E-state index contributed by atoms with van der Waals surface area (Å²) in [5, 5.41) is 8.80. The maximum absolute atomic E-state index is 5.43. The predicted octanol–water partition coefficient (Wildman–Crippen LogP) is 3.88. The number of ether oxygens (including phenoxy) is 1. The standard InChI is InChI=1S/C18H19N3OS/c1-13-6-7-14(12-17(13)23-21-8-10-22-11-9-21)18-15-4-2-3-5-16(15)19-20-18/h2-7,12H,8-11H2,1H3,(H,19,20). The number of rotatable bonds is 3. The second kappa shape index (κ2) is 6.35. The van der Waals surface area contributed by atoms with Gasteiger partial charge in [-0.3, -0.25) is 5.10 Å². The Kier molecular flexibility index (Phi) is 4.08. The lowest BCUT2D eigenvalue weighted by Gasteiger charge is -2.26. The number of para-hydroxylation sites is 1. The van der Waals surface area contributed by atoms with Gasteiger partial charge in [0.1, 0.15) is 0 Å². The molecule has 0 saturated carbocycles. The molecule has 1 saturated heterocycles. The summed E-state index contributed by atoms with van der Waals surface area (Å²) in [4.78, 5) is 1.29. The predicted molar refractivity (Wildman–Crippen MR) is 94.5 cm³/mol. The van der Waals surface area contributed by atoms with Crippen molar-refractivity contribution in [3.63, 3.8) is 0 Å². The van der Waals surface area contributed by atoms with Crippen LogP contribution in [0.5, 0.6) is 0 Å². The summed E-state index contributed by atoms with van der Waals surface area (Å²) in [6.45, 7) is 5.74. The maximum atomic E-state index is 5.43. The van der Waals surface area contributed by atoms with E-state index in [0.29, 0.717) is 0 Å². The molecule has 0 radical (unpaired) electrons. The Labute approximate surface area is 140 Å². The zero-order chi connectivity index (χ0) is 15.6. The van der Waals surface area contributed by atoms with Crippen molar-refractivity contribution in [1.82, 2.24) is 14.5 Å². The molecule has 2 aromatic carbocycles. The molecule has 1 aliphatic rings. The molecule has 4 nitrogen and oxygen atoms in total. The summed E-state index contributed by atoms with van der Waals surface area (Å²) in [5.74, 6) is 0. The second-order valence-electron chi connectivity index (χ2n) is 5.73. The Morgan fingerprint density at radius 2 is 1.96 bits per heavy atom. The van der Waals surface area contributed by atoms with Crippen molar-refractivity contribution in [3.8, 4) is 11.3 Å². The number of fused-ring (bicyclic) bond motifs is 1.